The minimum atomic E-state index is -0.637. The molecule has 4 rings (SSSR count). The van der Waals surface area contributed by atoms with Gasteiger partial charge in [0.15, 0.2) is 0 Å². The molecule has 0 aromatic heterocycles. The number of halogens is 1. The highest BCUT2D eigenvalue weighted by molar-refractivity contribution is 9.10. The average molecular weight is 486 g/mol. The zero-order valence-corrected chi connectivity index (χ0v) is 19.3. The van der Waals surface area contributed by atoms with E-state index in [0.29, 0.717) is 32.7 Å². The average Bonchev–Trinajstić information content (AvgIpc) is 3.16. The van der Waals surface area contributed by atoms with E-state index in [1.807, 2.05) is 24.3 Å². The molecule has 2 unspecified atom stereocenters. The van der Waals surface area contributed by atoms with Crippen LogP contribution in [-0.4, -0.2) is 56.1 Å². The van der Waals surface area contributed by atoms with Gasteiger partial charge in [0, 0.05) is 36.3 Å². The predicted octanol–water partition coefficient (Wildman–Crippen LogP) is 3.30. The van der Waals surface area contributed by atoms with Crippen molar-refractivity contribution in [3.8, 4) is 0 Å². The summed E-state index contributed by atoms with van der Waals surface area (Å²) in [7, 11) is 0. The van der Waals surface area contributed by atoms with Crippen LogP contribution < -0.4 is 10.2 Å². The molecule has 164 valence electrons. The second kappa shape index (κ2) is 9.94. The van der Waals surface area contributed by atoms with Crippen molar-refractivity contribution in [1.29, 1.82) is 0 Å². The van der Waals surface area contributed by atoms with Gasteiger partial charge < -0.3 is 15.0 Å². The first-order valence-electron chi connectivity index (χ1n) is 10.8. The van der Waals surface area contributed by atoms with Crippen LogP contribution in [0.3, 0.4) is 0 Å². The number of aryl methyl sites for hydroxylation is 1. The highest BCUT2D eigenvalue weighted by atomic mass is 79.9. The van der Waals surface area contributed by atoms with E-state index in [4.69, 9.17) is 4.74 Å². The summed E-state index contributed by atoms with van der Waals surface area (Å²) in [5, 5.41) is 3.08. The summed E-state index contributed by atoms with van der Waals surface area (Å²) in [6.45, 7) is 6.15. The standard InChI is InChI=1S/C24H28BrN3O3/c1-17-4-2-5-18(14-17)22(27-10-12-31-13-11-27)16-26-23(29)21-8-9-28(24(21)30)20-7-3-6-19(25)15-20/h2-7,14-15,21-22H,8-13,16H2,1H3,(H,26,29). The van der Waals surface area contributed by atoms with Crippen molar-refractivity contribution in [3.63, 3.8) is 0 Å². The zero-order chi connectivity index (χ0) is 21.8. The van der Waals surface area contributed by atoms with Gasteiger partial charge in [-0.25, -0.2) is 0 Å². The second-order valence-corrected chi connectivity index (χ2v) is 9.05. The highest BCUT2D eigenvalue weighted by Crippen LogP contribution is 2.28. The predicted molar refractivity (Wildman–Crippen MR) is 124 cm³/mol. The van der Waals surface area contributed by atoms with E-state index in [9.17, 15) is 9.59 Å². The minimum absolute atomic E-state index is 0.0606. The van der Waals surface area contributed by atoms with E-state index in [2.05, 4.69) is 57.3 Å². The molecule has 2 atom stereocenters. The Hall–Kier alpha value is -2.22. The van der Waals surface area contributed by atoms with Crippen LogP contribution in [0.25, 0.3) is 0 Å². The molecule has 6 nitrogen and oxygen atoms in total. The van der Waals surface area contributed by atoms with Crippen LogP contribution in [0.2, 0.25) is 0 Å². The summed E-state index contributed by atoms with van der Waals surface area (Å²) in [6, 6.07) is 16.1. The number of carbonyl (C=O) groups is 2. The molecule has 2 fully saturated rings. The molecule has 31 heavy (non-hydrogen) atoms. The van der Waals surface area contributed by atoms with Crippen molar-refractivity contribution < 1.29 is 14.3 Å². The van der Waals surface area contributed by atoms with Gasteiger partial charge in [-0.2, -0.15) is 0 Å². The lowest BCUT2D eigenvalue weighted by molar-refractivity contribution is -0.132. The van der Waals surface area contributed by atoms with Crippen LogP contribution >= 0.6 is 15.9 Å². The van der Waals surface area contributed by atoms with Crippen LogP contribution in [0, 0.1) is 12.8 Å². The lowest BCUT2D eigenvalue weighted by atomic mass is 10.0. The molecular weight excluding hydrogens is 458 g/mol. The third kappa shape index (κ3) is 5.17. The Morgan fingerprint density at radius 3 is 2.68 bits per heavy atom. The molecule has 0 aliphatic carbocycles. The molecular formula is C24H28BrN3O3. The Bertz CT molecular complexity index is 945. The molecule has 0 bridgehead atoms. The molecule has 1 N–H and O–H groups in total. The number of nitrogens with one attached hydrogen (secondary N) is 1. The number of carbonyl (C=O) groups excluding carboxylic acids is 2. The fourth-order valence-electron chi connectivity index (χ4n) is 4.37. The Balaban J connectivity index is 1.43. The van der Waals surface area contributed by atoms with Crippen LogP contribution in [0.15, 0.2) is 53.0 Å². The van der Waals surface area contributed by atoms with Gasteiger partial charge in [0.25, 0.3) is 0 Å². The number of morpholine rings is 1. The molecule has 7 heteroatoms. The molecule has 2 aromatic rings. The first-order valence-corrected chi connectivity index (χ1v) is 11.6. The quantitative estimate of drug-likeness (QED) is 0.637. The SMILES string of the molecule is Cc1cccc(C(CNC(=O)C2CCN(c3cccc(Br)c3)C2=O)N2CCOCC2)c1. The van der Waals surface area contributed by atoms with Crippen molar-refractivity contribution in [3.05, 3.63) is 64.1 Å². The van der Waals surface area contributed by atoms with Crippen molar-refractivity contribution in [2.45, 2.75) is 19.4 Å². The number of amides is 2. The van der Waals surface area contributed by atoms with E-state index in [1.54, 1.807) is 4.90 Å². The third-order valence-electron chi connectivity index (χ3n) is 6.02. The van der Waals surface area contributed by atoms with E-state index in [1.165, 1.54) is 11.1 Å². The monoisotopic (exact) mass is 485 g/mol. The molecule has 2 amide bonds. The van der Waals surface area contributed by atoms with Gasteiger partial charge in [0.1, 0.15) is 5.92 Å². The number of nitrogens with zero attached hydrogens (tertiary/aromatic N) is 2. The zero-order valence-electron chi connectivity index (χ0n) is 17.7. The highest BCUT2D eigenvalue weighted by Gasteiger charge is 2.38. The molecule has 0 saturated carbocycles. The maximum absolute atomic E-state index is 13.0. The Labute approximate surface area is 191 Å². The molecule has 0 spiro atoms. The van der Waals surface area contributed by atoms with E-state index in [-0.39, 0.29) is 17.9 Å². The fourth-order valence-corrected chi connectivity index (χ4v) is 4.76. The largest absolute Gasteiger partial charge is 0.379 e. The first-order chi connectivity index (χ1) is 15.0. The van der Waals surface area contributed by atoms with E-state index in [0.717, 1.165) is 23.2 Å². The first kappa shape index (κ1) is 22.0. The summed E-state index contributed by atoms with van der Waals surface area (Å²) in [5.41, 5.74) is 3.19. The Morgan fingerprint density at radius 1 is 1.16 bits per heavy atom. The van der Waals surface area contributed by atoms with Gasteiger partial charge in [-0.1, -0.05) is 51.8 Å². The Morgan fingerprint density at radius 2 is 1.94 bits per heavy atom. The Kier molecular flexibility index (Phi) is 7.05. The smallest absolute Gasteiger partial charge is 0.239 e. The van der Waals surface area contributed by atoms with Crippen molar-refractivity contribution in [2.24, 2.45) is 5.92 Å². The van der Waals surface area contributed by atoms with Crippen molar-refractivity contribution >= 4 is 33.4 Å². The molecule has 2 heterocycles. The van der Waals surface area contributed by atoms with Gasteiger partial charge in [-0.15, -0.1) is 0 Å². The van der Waals surface area contributed by atoms with Crippen LogP contribution in [0.1, 0.15) is 23.6 Å². The lowest BCUT2D eigenvalue weighted by Crippen LogP contribution is -2.45. The summed E-state index contributed by atoms with van der Waals surface area (Å²) in [4.78, 5) is 30.0. The van der Waals surface area contributed by atoms with Gasteiger partial charge >= 0.3 is 0 Å². The fraction of sp³-hybridized carbons (Fsp3) is 0.417. The van der Waals surface area contributed by atoms with Crippen LogP contribution in [-0.2, 0) is 14.3 Å². The molecule has 2 aliphatic heterocycles. The number of benzene rings is 2. The van der Waals surface area contributed by atoms with Crippen LogP contribution in [0.5, 0.6) is 0 Å². The summed E-state index contributed by atoms with van der Waals surface area (Å²) in [5.74, 6) is -0.954. The van der Waals surface area contributed by atoms with Crippen molar-refractivity contribution in [1.82, 2.24) is 10.2 Å². The number of ether oxygens (including phenoxy) is 1. The maximum Gasteiger partial charge on any atom is 0.239 e. The lowest BCUT2D eigenvalue weighted by Gasteiger charge is -2.35. The molecule has 0 radical (unpaired) electrons. The minimum Gasteiger partial charge on any atom is -0.379 e. The third-order valence-corrected chi connectivity index (χ3v) is 6.52. The summed E-state index contributed by atoms with van der Waals surface area (Å²) >= 11 is 3.45. The summed E-state index contributed by atoms with van der Waals surface area (Å²) < 4.78 is 6.42. The molecule has 2 saturated heterocycles. The topological polar surface area (TPSA) is 61.9 Å². The van der Waals surface area contributed by atoms with Gasteiger partial charge in [-0.3, -0.25) is 14.5 Å². The normalized spacial score (nSPS) is 20.6. The number of hydrogen-bond donors (Lipinski definition) is 1. The number of anilines is 1. The summed E-state index contributed by atoms with van der Waals surface area (Å²) in [6.07, 6.45) is 0.532. The number of rotatable bonds is 6. The molecule has 2 aromatic carbocycles. The van der Waals surface area contributed by atoms with Gasteiger partial charge in [0.05, 0.1) is 19.3 Å². The van der Waals surface area contributed by atoms with E-state index < -0.39 is 5.92 Å². The number of hydrogen-bond acceptors (Lipinski definition) is 4. The van der Waals surface area contributed by atoms with Crippen molar-refractivity contribution in [2.75, 3.05) is 44.3 Å². The van der Waals surface area contributed by atoms with Gasteiger partial charge in [-0.05, 0) is 37.1 Å². The van der Waals surface area contributed by atoms with E-state index >= 15 is 0 Å². The maximum atomic E-state index is 13.0. The molecule has 2 aliphatic rings. The van der Waals surface area contributed by atoms with Gasteiger partial charge in [0.2, 0.25) is 11.8 Å². The second-order valence-electron chi connectivity index (χ2n) is 8.13. The van der Waals surface area contributed by atoms with Crippen LogP contribution in [0.4, 0.5) is 5.69 Å².